The van der Waals surface area contributed by atoms with Crippen molar-refractivity contribution < 1.29 is 14.3 Å². The monoisotopic (exact) mass is 488 g/mol. The fourth-order valence-corrected chi connectivity index (χ4v) is 3.60. The van der Waals surface area contributed by atoms with E-state index < -0.39 is 0 Å². The minimum atomic E-state index is -0.221. The first-order valence-electron chi connectivity index (χ1n) is 11.2. The number of carbonyl (C=O) groups excluding carboxylic acids is 2. The number of hydrogen-bond acceptors (Lipinski definition) is 3. The summed E-state index contributed by atoms with van der Waals surface area (Å²) in [6.07, 6.45) is 8.10. The summed E-state index contributed by atoms with van der Waals surface area (Å²) in [6, 6.07) is 12.5. The fraction of sp³-hybridized carbons (Fsp3) is 0.440. The molecule has 168 valence electrons. The van der Waals surface area contributed by atoms with Crippen molar-refractivity contribution in [3.05, 3.63) is 52.5 Å². The Morgan fingerprint density at radius 2 is 1.58 bits per heavy atom. The Hall–Kier alpha value is -2.34. The van der Waals surface area contributed by atoms with E-state index in [1.165, 1.54) is 12.8 Å². The standard InChI is InChI=1S/C25H33BrN2O3/c1-3-5-7-9-16-31-23-15-14-19(17-22(23)26)25(30)28-21-12-10-11-20(18-21)27-24(29)13-8-6-4-2/h10-12,14-15,17-18H,3-9,13,16H2,1-2H3,(H,27,29)(H,28,30). The van der Waals surface area contributed by atoms with Crippen LogP contribution in [-0.4, -0.2) is 18.4 Å². The summed E-state index contributed by atoms with van der Waals surface area (Å²) in [5, 5.41) is 5.77. The van der Waals surface area contributed by atoms with Gasteiger partial charge >= 0.3 is 0 Å². The Kier molecular flexibility index (Phi) is 11.1. The third kappa shape index (κ3) is 9.13. The second kappa shape index (κ2) is 13.9. The number of unbranched alkanes of at least 4 members (excludes halogenated alkanes) is 5. The molecule has 31 heavy (non-hydrogen) atoms. The van der Waals surface area contributed by atoms with Crippen LogP contribution in [-0.2, 0) is 4.79 Å². The normalized spacial score (nSPS) is 10.5. The van der Waals surface area contributed by atoms with Crippen LogP contribution < -0.4 is 15.4 Å². The molecule has 5 nitrogen and oxygen atoms in total. The lowest BCUT2D eigenvalue weighted by Gasteiger charge is -2.11. The van der Waals surface area contributed by atoms with E-state index >= 15 is 0 Å². The molecule has 0 saturated heterocycles. The minimum Gasteiger partial charge on any atom is -0.492 e. The molecule has 2 N–H and O–H groups in total. The van der Waals surface area contributed by atoms with Crippen LogP contribution in [0.15, 0.2) is 46.9 Å². The van der Waals surface area contributed by atoms with Gasteiger partial charge in [-0.25, -0.2) is 0 Å². The first kappa shape index (κ1) is 24.9. The van der Waals surface area contributed by atoms with Crippen molar-refractivity contribution in [2.75, 3.05) is 17.2 Å². The SMILES string of the molecule is CCCCCCOc1ccc(C(=O)Nc2cccc(NC(=O)CCCCC)c2)cc1Br. The average molecular weight is 489 g/mol. The summed E-state index contributed by atoms with van der Waals surface area (Å²) in [5.74, 6) is 0.508. The van der Waals surface area contributed by atoms with Crippen LogP contribution >= 0.6 is 15.9 Å². The second-order valence-electron chi connectivity index (χ2n) is 7.59. The zero-order valence-corrected chi connectivity index (χ0v) is 20.1. The maximum atomic E-state index is 12.7. The molecule has 0 aromatic heterocycles. The first-order valence-corrected chi connectivity index (χ1v) is 12.0. The Labute approximate surface area is 194 Å². The highest BCUT2D eigenvalue weighted by atomic mass is 79.9. The zero-order valence-electron chi connectivity index (χ0n) is 18.5. The van der Waals surface area contributed by atoms with Gasteiger partial charge in [0.15, 0.2) is 0 Å². The lowest BCUT2D eigenvalue weighted by molar-refractivity contribution is -0.116. The molecule has 0 spiro atoms. The lowest BCUT2D eigenvalue weighted by Crippen LogP contribution is -2.14. The van der Waals surface area contributed by atoms with Crippen LogP contribution in [0, 0.1) is 0 Å². The number of halogens is 1. The van der Waals surface area contributed by atoms with Gasteiger partial charge in [-0.2, -0.15) is 0 Å². The molecule has 0 saturated carbocycles. The third-order valence-electron chi connectivity index (χ3n) is 4.86. The Morgan fingerprint density at radius 1 is 0.871 bits per heavy atom. The number of benzene rings is 2. The predicted molar refractivity (Wildman–Crippen MR) is 131 cm³/mol. The van der Waals surface area contributed by atoms with Crippen LogP contribution in [0.5, 0.6) is 5.75 Å². The highest BCUT2D eigenvalue weighted by molar-refractivity contribution is 9.10. The van der Waals surface area contributed by atoms with E-state index in [0.717, 1.165) is 42.3 Å². The van der Waals surface area contributed by atoms with Gasteiger partial charge < -0.3 is 15.4 Å². The molecule has 2 rings (SSSR count). The molecule has 0 aliphatic heterocycles. The summed E-state index contributed by atoms with van der Waals surface area (Å²) in [5.41, 5.74) is 1.83. The maximum absolute atomic E-state index is 12.7. The molecule has 2 aromatic carbocycles. The number of anilines is 2. The van der Waals surface area contributed by atoms with Crippen molar-refractivity contribution in [2.24, 2.45) is 0 Å². The van der Waals surface area contributed by atoms with Crippen LogP contribution in [0.3, 0.4) is 0 Å². The van der Waals surface area contributed by atoms with Gasteiger partial charge in [0.05, 0.1) is 11.1 Å². The zero-order chi connectivity index (χ0) is 22.5. The van der Waals surface area contributed by atoms with Gasteiger partial charge in [-0.15, -0.1) is 0 Å². The molecule has 0 atom stereocenters. The molecule has 0 fully saturated rings. The fourth-order valence-electron chi connectivity index (χ4n) is 3.11. The van der Waals surface area contributed by atoms with Crippen LogP contribution in [0.4, 0.5) is 11.4 Å². The van der Waals surface area contributed by atoms with E-state index in [0.29, 0.717) is 30.0 Å². The molecule has 0 aliphatic carbocycles. The number of hydrogen-bond donors (Lipinski definition) is 2. The largest absolute Gasteiger partial charge is 0.492 e. The summed E-state index contributed by atoms with van der Waals surface area (Å²) >= 11 is 3.50. The van der Waals surface area contributed by atoms with Crippen molar-refractivity contribution in [2.45, 2.75) is 65.2 Å². The van der Waals surface area contributed by atoms with E-state index in [9.17, 15) is 9.59 Å². The number of ether oxygens (including phenoxy) is 1. The van der Waals surface area contributed by atoms with Crippen LogP contribution in [0.25, 0.3) is 0 Å². The van der Waals surface area contributed by atoms with Gasteiger partial charge in [0.2, 0.25) is 5.91 Å². The maximum Gasteiger partial charge on any atom is 0.255 e. The third-order valence-corrected chi connectivity index (χ3v) is 5.48. The molecule has 6 heteroatoms. The van der Waals surface area contributed by atoms with Crippen molar-refractivity contribution in [3.63, 3.8) is 0 Å². The molecule has 0 bridgehead atoms. The van der Waals surface area contributed by atoms with Gasteiger partial charge in [0.1, 0.15) is 5.75 Å². The van der Waals surface area contributed by atoms with Crippen molar-refractivity contribution >= 4 is 39.1 Å². The van der Waals surface area contributed by atoms with Crippen molar-refractivity contribution in [1.82, 2.24) is 0 Å². The van der Waals surface area contributed by atoms with Gasteiger partial charge in [-0.1, -0.05) is 52.0 Å². The van der Waals surface area contributed by atoms with Crippen molar-refractivity contribution in [1.29, 1.82) is 0 Å². The Morgan fingerprint density at radius 3 is 2.29 bits per heavy atom. The average Bonchev–Trinajstić information content (AvgIpc) is 2.75. The predicted octanol–water partition coefficient (Wildman–Crippen LogP) is 7.18. The second-order valence-corrected chi connectivity index (χ2v) is 8.45. The summed E-state index contributed by atoms with van der Waals surface area (Å²) < 4.78 is 6.56. The van der Waals surface area contributed by atoms with E-state index in [1.54, 1.807) is 24.3 Å². The molecular formula is C25H33BrN2O3. The highest BCUT2D eigenvalue weighted by Gasteiger charge is 2.11. The van der Waals surface area contributed by atoms with Gasteiger partial charge in [-0.05, 0) is 65.2 Å². The molecule has 0 radical (unpaired) electrons. The number of carbonyl (C=O) groups is 2. The molecule has 2 aromatic rings. The number of rotatable bonds is 13. The lowest BCUT2D eigenvalue weighted by atomic mass is 10.2. The summed E-state index contributed by atoms with van der Waals surface area (Å²) in [4.78, 5) is 24.7. The molecular weight excluding hydrogens is 456 g/mol. The number of nitrogens with one attached hydrogen (secondary N) is 2. The van der Waals surface area contributed by atoms with Crippen LogP contribution in [0.1, 0.15) is 75.6 Å². The Balaban J connectivity index is 1.91. The molecule has 2 amide bonds. The van der Waals surface area contributed by atoms with E-state index in [1.807, 2.05) is 18.2 Å². The highest BCUT2D eigenvalue weighted by Crippen LogP contribution is 2.27. The van der Waals surface area contributed by atoms with Gasteiger partial charge in [-0.3, -0.25) is 9.59 Å². The van der Waals surface area contributed by atoms with E-state index in [4.69, 9.17) is 4.74 Å². The summed E-state index contributed by atoms with van der Waals surface area (Å²) in [6.45, 7) is 4.96. The van der Waals surface area contributed by atoms with Gasteiger partial charge in [0.25, 0.3) is 5.91 Å². The minimum absolute atomic E-state index is 0.00820. The number of amides is 2. The molecule has 0 unspecified atom stereocenters. The molecule has 0 heterocycles. The molecule has 0 aliphatic rings. The van der Waals surface area contributed by atoms with E-state index in [-0.39, 0.29) is 11.8 Å². The quantitative estimate of drug-likeness (QED) is 0.293. The smallest absolute Gasteiger partial charge is 0.255 e. The van der Waals surface area contributed by atoms with Crippen molar-refractivity contribution in [3.8, 4) is 5.75 Å². The van der Waals surface area contributed by atoms with Crippen LogP contribution in [0.2, 0.25) is 0 Å². The van der Waals surface area contributed by atoms with E-state index in [2.05, 4.69) is 40.4 Å². The topological polar surface area (TPSA) is 67.4 Å². The summed E-state index contributed by atoms with van der Waals surface area (Å²) in [7, 11) is 0. The van der Waals surface area contributed by atoms with Gasteiger partial charge in [0, 0.05) is 23.4 Å². The first-order chi connectivity index (χ1) is 15.0. The Bertz CT molecular complexity index is 854.